The maximum absolute atomic E-state index is 6.02. The van der Waals surface area contributed by atoms with Crippen LogP contribution in [0.3, 0.4) is 0 Å². The quantitative estimate of drug-likeness (QED) is 0.391. The van der Waals surface area contributed by atoms with Crippen LogP contribution in [0.1, 0.15) is 61.4 Å². The number of ether oxygens (including phenoxy) is 1. The van der Waals surface area contributed by atoms with E-state index >= 15 is 0 Å². The third-order valence-corrected chi connectivity index (χ3v) is 5.64. The molecule has 30 heavy (non-hydrogen) atoms. The lowest BCUT2D eigenvalue weighted by atomic mass is 9.88. The van der Waals surface area contributed by atoms with Crippen molar-refractivity contribution in [2.45, 2.75) is 52.2 Å². The molecule has 3 rings (SSSR count). The molecule has 0 heterocycles. The largest absolute Gasteiger partial charge is 0.491 e. The minimum absolute atomic E-state index is 0.183. The first-order valence-corrected chi connectivity index (χ1v) is 11.1. The maximum atomic E-state index is 6.02. The van der Waals surface area contributed by atoms with E-state index in [1.165, 1.54) is 22.3 Å². The Kier molecular flexibility index (Phi) is 7.95. The van der Waals surface area contributed by atoms with Crippen LogP contribution in [0.25, 0.3) is 0 Å². The number of rotatable bonds is 9. The van der Waals surface area contributed by atoms with Gasteiger partial charge in [-0.25, -0.2) is 0 Å². The summed E-state index contributed by atoms with van der Waals surface area (Å²) in [5.74, 6) is 1.26. The van der Waals surface area contributed by atoms with E-state index in [1.54, 1.807) is 0 Å². The average Bonchev–Trinajstić information content (AvgIpc) is 2.73. The highest BCUT2D eigenvalue weighted by Gasteiger charge is 2.15. The van der Waals surface area contributed by atoms with E-state index < -0.39 is 0 Å². The topological polar surface area (TPSA) is 21.3 Å². The van der Waals surface area contributed by atoms with Crippen LogP contribution in [0.4, 0.5) is 0 Å². The first kappa shape index (κ1) is 22.4. The van der Waals surface area contributed by atoms with Gasteiger partial charge in [0.1, 0.15) is 5.75 Å². The number of benzene rings is 3. The number of halogens is 1. The molecule has 0 radical (unpaired) electrons. The number of aryl methyl sites for hydroxylation is 1. The zero-order valence-corrected chi connectivity index (χ0v) is 19.1. The van der Waals surface area contributed by atoms with Crippen molar-refractivity contribution < 1.29 is 4.74 Å². The summed E-state index contributed by atoms with van der Waals surface area (Å²) in [6.07, 6.45) is 1.20. The smallest absolute Gasteiger partial charge is 0.119 e. The molecule has 0 aromatic heterocycles. The van der Waals surface area contributed by atoms with Gasteiger partial charge in [0.15, 0.2) is 0 Å². The van der Waals surface area contributed by atoms with Gasteiger partial charge in [-0.05, 0) is 81.6 Å². The molecule has 0 spiro atoms. The SMILES string of the molecule is Cc1ccc([C@@H](CCN[C@@H](C)c2ccc(Cl)cc2)c2ccc(OC(C)C)cc2)cc1. The molecule has 0 unspecified atom stereocenters. The molecule has 0 amide bonds. The van der Waals surface area contributed by atoms with E-state index in [2.05, 4.69) is 93.7 Å². The van der Waals surface area contributed by atoms with Gasteiger partial charge in [0.25, 0.3) is 0 Å². The van der Waals surface area contributed by atoms with Gasteiger partial charge in [0, 0.05) is 17.0 Å². The summed E-state index contributed by atoms with van der Waals surface area (Å²) in [6, 6.07) is 25.8. The standard InChI is InChI=1S/C27H32ClNO/c1-19(2)30-26-15-11-24(12-16-26)27(23-7-5-20(3)6-8-23)17-18-29-21(4)22-9-13-25(28)14-10-22/h5-16,19,21,27,29H,17-18H2,1-4H3/t21-,27+/m0/s1. The summed E-state index contributed by atoms with van der Waals surface area (Å²) in [5.41, 5.74) is 5.20. The van der Waals surface area contributed by atoms with Gasteiger partial charge < -0.3 is 10.1 Å². The zero-order chi connectivity index (χ0) is 21.5. The van der Waals surface area contributed by atoms with Crippen molar-refractivity contribution in [3.63, 3.8) is 0 Å². The number of hydrogen-bond acceptors (Lipinski definition) is 2. The lowest BCUT2D eigenvalue weighted by Gasteiger charge is -2.21. The molecule has 3 aromatic carbocycles. The molecular weight excluding hydrogens is 390 g/mol. The van der Waals surface area contributed by atoms with Crippen LogP contribution in [0.5, 0.6) is 5.75 Å². The molecule has 0 fully saturated rings. The van der Waals surface area contributed by atoms with Crippen molar-refractivity contribution in [1.82, 2.24) is 5.32 Å². The summed E-state index contributed by atoms with van der Waals surface area (Å²) in [6.45, 7) is 9.36. The maximum Gasteiger partial charge on any atom is 0.119 e. The monoisotopic (exact) mass is 421 g/mol. The Bertz CT molecular complexity index is 901. The molecule has 158 valence electrons. The van der Waals surface area contributed by atoms with Crippen LogP contribution in [0.15, 0.2) is 72.8 Å². The first-order valence-electron chi connectivity index (χ1n) is 10.7. The Labute approximate surface area is 186 Å². The number of hydrogen-bond donors (Lipinski definition) is 1. The zero-order valence-electron chi connectivity index (χ0n) is 18.4. The minimum atomic E-state index is 0.183. The fourth-order valence-corrected chi connectivity index (χ4v) is 3.81. The van der Waals surface area contributed by atoms with E-state index in [0.717, 1.165) is 23.7 Å². The lowest BCUT2D eigenvalue weighted by Crippen LogP contribution is -2.21. The molecule has 0 aliphatic carbocycles. The van der Waals surface area contributed by atoms with Crippen molar-refractivity contribution >= 4 is 11.6 Å². The van der Waals surface area contributed by atoms with E-state index in [9.17, 15) is 0 Å². The predicted molar refractivity (Wildman–Crippen MR) is 128 cm³/mol. The molecule has 0 saturated heterocycles. The summed E-state index contributed by atoms with van der Waals surface area (Å²) in [5, 5.41) is 4.44. The van der Waals surface area contributed by atoms with E-state index in [4.69, 9.17) is 16.3 Å². The third kappa shape index (κ3) is 6.35. The van der Waals surface area contributed by atoms with Gasteiger partial charge in [-0.15, -0.1) is 0 Å². The van der Waals surface area contributed by atoms with Gasteiger partial charge in [0.2, 0.25) is 0 Å². The van der Waals surface area contributed by atoms with Crippen molar-refractivity contribution in [2.24, 2.45) is 0 Å². The van der Waals surface area contributed by atoms with Crippen LogP contribution in [0.2, 0.25) is 5.02 Å². The summed E-state index contributed by atoms with van der Waals surface area (Å²) < 4.78 is 5.82. The van der Waals surface area contributed by atoms with Crippen molar-refractivity contribution in [3.8, 4) is 5.75 Å². The summed E-state index contributed by atoms with van der Waals surface area (Å²) in [4.78, 5) is 0. The fraction of sp³-hybridized carbons (Fsp3) is 0.333. The Morgan fingerprint density at radius 1 is 0.767 bits per heavy atom. The van der Waals surface area contributed by atoms with Gasteiger partial charge in [-0.3, -0.25) is 0 Å². The molecule has 2 nitrogen and oxygen atoms in total. The van der Waals surface area contributed by atoms with Crippen LogP contribution in [-0.4, -0.2) is 12.6 Å². The second-order valence-corrected chi connectivity index (χ2v) is 8.65. The highest BCUT2D eigenvalue weighted by atomic mass is 35.5. The van der Waals surface area contributed by atoms with Crippen LogP contribution in [-0.2, 0) is 0 Å². The third-order valence-electron chi connectivity index (χ3n) is 5.39. The molecule has 0 saturated carbocycles. The molecule has 2 atom stereocenters. The Hall–Kier alpha value is -2.29. The number of nitrogens with one attached hydrogen (secondary N) is 1. The van der Waals surface area contributed by atoms with Gasteiger partial charge in [-0.1, -0.05) is 65.7 Å². The average molecular weight is 422 g/mol. The molecule has 0 aliphatic rings. The van der Waals surface area contributed by atoms with E-state index in [0.29, 0.717) is 5.92 Å². The van der Waals surface area contributed by atoms with Gasteiger partial charge >= 0.3 is 0 Å². The second kappa shape index (κ2) is 10.7. The predicted octanol–water partition coefficient (Wildman–Crippen LogP) is 7.31. The highest BCUT2D eigenvalue weighted by Crippen LogP contribution is 2.30. The van der Waals surface area contributed by atoms with Crippen LogP contribution in [0, 0.1) is 6.92 Å². The van der Waals surface area contributed by atoms with Gasteiger partial charge in [0.05, 0.1) is 6.10 Å². The van der Waals surface area contributed by atoms with Crippen LogP contribution >= 0.6 is 11.6 Å². The van der Waals surface area contributed by atoms with Crippen LogP contribution < -0.4 is 10.1 Å². The summed E-state index contributed by atoms with van der Waals surface area (Å²) in [7, 11) is 0. The molecule has 3 aromatic rings. The van der Waals surface area contributed by atoms with E-state index in [-0.39, 0.29) is 12.1 Å². The van der Waals surface area contributed by atoms with Crippen molar-refractivity contribution in [3.05, 3.63) is 100 Å². The molecular formula is C27H32ClNO. The van der Waals surface area contributed by atoms with Crippen molar-refractivity contribution in [2.75, 3.05) is 6.54 Å². The normalized spacial score (nSPS) is 13.3. The lowest BCUT2D eigenvalue weighted by molar-refractivity contribution is 0.242. The van der Waals surface area contributed by atoms with E-state index in [1.807, 2.05) is 12.1 Å². The molecule has 1 N–H and O–H groups in total. The Morgan fingerprint density at radius 2 is 1.30 bits per heavy atom. The first-order chi connectivity index (χ1) is 14.4. The fourth-order valence-electron chi connectivity index (χ4n) is 3.69. The molecule has 0 bridgehead atoms. The Morgan fingerprint density at radius 3 is 1.87 bits per heavy atom. The molecule has 3 heteroatoms. The second-order valence-electron chi connectivity index (χ2n) is 8.21. The van der Waals surface area contributed by atoms with Crippen molar-refractivity contribution in [1.29, 1.82) is 0 Å². The van der Waals surface area contributed by atoms with Gasteiger partial charge in [-0.2, -0.15) is 0 Å². The minimum Gasteiger partial charge on any atom is -0.491 e. The highest BCUT2D eigenvalue weighted by molar-refractivity contribution is 6.30. The molecule has 0 aliphatic heterocycles. The summed E-state index contributed by atoms with van der Waals surface area (Å²) >= 11 is 6.02. The Balaban J connectivity index is 1.71.